The average molecular weight is 189 g/mol. The van der Waals surface area contributed by atoms with Gasteiger partial charge in [-0.2, -0.15) is 11.8 Å². The summed E-state index contributed by atoms with van der Waals surface area (Å²) in [5.74, 6) is 1.52. The predicted molar refractivity (Wildman–Crippen MR) is 50.6 cm³/mol. The van der Waals surface area contributed by atoms with Gasteiger partial charge in [-0.05, 0) is 25.5 Å². The van der Waals surface area contributed by atoms with E-state index in [1.165, 1.54) is 12.2 Å². The average Bonchev–Trinajstić information content (AvgIpc) is 2.06. The number of aliphatic carboxylic acids is 1. The molecule has 2 N–H and O–H groups in total. The summed E-state index contributed by atoms with van der Waals surface area (Å²) in [6, 6.07) is -0.0106. The molecule has 3 nitrogen and oxygen atoms in total. The first-order chi connectivity index (χ1) is 5.70. The van der Waals surface area contributed by atoms with Crippen molar-refractivity contribution in [2.75, 3.05) is 11.5 Å². The third-order valence-electron chi connectivity index (χ3n) is 2.02. The molecule has 0 saturated carbocycles. The van der Waals surface area contributed by atoms with Crippen molar-refractivity contribution in [2.24, 2.45) is 0 Å². The maximum atomic E-state index is 10.5. The molecule has 0 spiro atoms. The highest BCUT2D eigenvalue weighted by molar-refractivity contribution is 7.99. The maximum absolute atomic E-state index is 10.5. The predicted octanol–water partition coefficient (Wildman–Crippen LogP) is 0.945. The van der Waals surface area contributed by atoms with Gasteiger partial charge < -0.3 is 10.4 Å². The fourth-order valence-corrected chi connectivity index (χ4v) is 2.38. The summed E-state index contributed by atoms with van der Waals surface area (Å²) in [4.78, 5) is 10.5. The molecule has 0 bridgehead atoms. The van der Waals surface area contributed by atoms with E-state index in [2.05, 4.69) is 5.32 Å². The van der Waals surface area contributed by atoms with Crippen molar-refractivity contribution in [3.8, 4) is 0 Å². The zero-order chi connectivity index (χ0) is 8.97. The number of thioether (sulfide) groups is 1. The van der Waals surface area contributed by atoms with Crippen LogP contribution in [-0.4, -0.2) is 34.7 Å². The van der Waals surface area contributed by atoms with Crippen LogP contribution < -0.4 is 5.32 Å². The Bertz CT molecular complexity index is 157. The van der Waals surface area contributed by atoms with Crippen LogP contribution in [-0.2, 0) is 4.79 Å². The smallest absolute Gasteiger partial charge is 0.320 e. The van der Waals surface area contributed by atoms with E-state index in [9.17, 15) is 4.79 Å². The van der Waals surface area contributed by atoms with Crippen molar-refractivity contribution in [1.29, 1.82) is 0 Å². The van der Waals surface area contributed by atoms with Gasteiger partial charge in [0.2, 0.25) is 0 Å². The third kappa shape index (κ3) is 3.03. The van der Waals surface area contributed by atoms with E-state index in [-0.39, 0.29) is 0 Å². The van der Waals surface area contributed by atoms with Crippen LogP contribution in [0.5, 0.6) is 0 Å². The highest BCUT2D eigenvalue weighted by atomic mass is 32.2. The number of hydrogen-bond acceptors (Lipinski definition) is 3. The Kier molecular flexibility index (Phi) is 3.88. The lowest BCUT2D eigenvalue weighted by Crippen LogP contribution is -2.43. The third-order valence-corrected chi connectivity index (χ3v) is 3.23. The Morgan fingerprint density at radius 3 is 3.00 bits per heavy atom. The van der Waals surface area contributed by atoms with Crippen molar-refractivity contribution >= 4 is 17.7 Å². The molecule has 0 aromatic heterocycles. The van der Waals surface area contributed by atoms with E-state index in [0.29, 0.717) is 6.04 Å². The summed E-state index contributed by atoms with van der Waals surface area (Å²) >= 11 is 1.90. The molecule has 12 heavy (non-hydrogen) atoms. The largest absolute Gasteiger partial charge is 0.480 e. The first-order valence-electron chi connectivity index (χ1n) is 4.26. The van der Waals surface area contributed by atoms with Gasteiger partial charge in [0.15, 0.2) is 0 Å². The standard InChI is InChI=1S/C8H15NO2S/c1-6(8(10)11)9-7-3-2-4-12-5-7/h6-7,9H,2-5H2,1H3,(H,10,11). The molecule has 1 saturated heterocycles. The molecular formula is C8H15NO2S. The van der Waals surface area contributed by atoms with Crippen LogP contribution in [0.1, 0.15) is 19.8 Å². The van der Waals surface area contributed by atoms with Crippen molar-refractivity contribution in [1.82, 2.24) is 5.32 Å². The molecule has 4 heteroatoms. The minimum absolute atomic E-state index is 0.398. The van der Waals surface area contributed by atoms with Gasteiger partial charge in [-0.3, -0.25) is 4.79 Å². The molecule has 0 aromatic rings. The van der Waals surface area contributed by atoms with Crippen LogP contribution in [0, 0.1) is 0 Å². The molecule has 1 aliphatic heterocycles. The number of rotatable bonds is 3. The molecule has 2 unspecified atom stereocenters. The van der Waals surface area contributed by atoms with Gasteiger partial charge in [-0.25, -0.2) is 0 Å². The van der Waals surface area contributed by atoms with Gasteiger partial charge in [0, 0.05) is 11.8 Å². The van der Waals surface area contributed by atoms with Crippen LogP contribution in [0.4, 0.5) is 0 Å². The van der Waals surface area contributed by atoms with Gasteiger partial charge in [0.05, 0.1) is 0 Å². The fourth-order valence-electron chi connectivity index (χ4n) is 1.30. The molecule has 2 atom stereocenters. The Morgan fingerprint density at radius 1 is 1.75 bits per heavy atom. The van der Waals surface area contributed by atoms with Gasteiger partial charge in [0.25, 0.3) is 0 Å². The summed E-state index contributed by atoms with van der Waals surface area (Å²) in [5.41, 5.74) is 0. The Balaban J connectivity index is 2.24. The quantitative estimate of drug-likeness (QED) is 0.694. The van der Waals surface area contributed by atoms with E-state index in [1.54, 1.807) is 6.92 Å². The zero-order valence-electron chi connectivity index (χ0n) is 7.25. The van der Waals surface area contributed by atoms with Gasteiger partial charge in [0.1, 0.15) is 6.04 Å². The first kappa shape index (κ1) is 9.86. The molecular weight excluding hydrogens is 174 g/mol. The van der Waals surface area contributed by atoms with Crippen LogP contribution in [0.3, 0.4) is 0 Å². The monoisotopic (exact) mass is 189 g/mol. The van der Waals surface area contributed by atoms with Gasteiger partial charge >= 0.3 is 5.97 Å². The molecule has 0 radical (unpaired) electrons. The van der Waals surface area contributed by atoms with E-state index < -0.39 is 12.0 Å². The Labute approximate surface area is 76.9 Å². The van der Waals surface area contributed by atoms with E-state index >= 15 is 0 Å². The van der Waals surface area contributed by atoms with E-state index in [1.807, 2.05) is 11.8 Å². The number of carbonyl (C=O) groups is 1. The van der Waals surface area contributed by atoms with Crippen molar-refractivity contribution in [3.63, 3.8) is 0 Å². The van der Waals surface area contributed by atoms with Crippen molar-refractivity contribution in [2.45, 2.75) is 31.8 Å². The van der Waals surface area contributed by atoms with Gasteiger partial charge in [-0.1, -0.05) is 0 Å². The summed E-state index contributed by atoms with van der Waals surface area (Å²) in [7, 11) is 0. The summed E-state index contributed by atoms with van der Waals surface area (Å²) in [6.07, 6.45) is 2.32. The first-order valence-corrected chi connectivity index (χ1v) is 5.42. The van der Waals surface area contributed by atoms with Crippen LogP contribution in [0.15, 0.2) is 0 Å². The lowest BCUT2D eigenvalue weighted by atomic mass is 10.1. The highest BCUT2D eigenvalue weighted by Gasteiger charge is 2.18. The summed E-state index contributed by atoms with van der Waals surface area (Å²) in [5, 5.41) is 11.7. The lowest BCUT2D eigenvalue weighted by molar-refractivity contribution is -0.139. The van der Waals surface area contributed by atoms with Crippen LogP contribution in [0.25, 0.3) is 0 Å². The normalized spacial score (nSPS) is 26.6. The number of nitrogens with one attached hydrogen (secondary N) is 1. The Hall–Kier alpha value is -0.220. The minimum Gasteiger partial charge on any atom is -0.480 e. The zero-order valence-corrected chi connectivity index (χ0v) is 8.06. The van der Waals surface area contributed by atoms with E-state index in [4.69, 9.17) is 5.11 Å². The second kappa shape index (κ2) is 4.72. The number of hydrogen-bond donors (Lipinski definition) is 2. The number of carboxylic acids is 1. The number of carboxylic acid groups (broad SMARTS) is 1. The minimum atomic E-state index is -0.759. The van der Waals surface area contributed by atoms with E-state index in [0.717, 1.165) is 12.2 Å². The molecule has 0 aromatic carbocycles. The lowest BCUT2D eigenvalue weighted by Gasteiger charge is -2.24. The summed E-state index contributed by atoms with van der Waals surface area (Å²) in [6.45, 7) is 1.70. The second-order valence-corrected chi connectivity index (χ2v) is 4.29. The molecule has 70 valence electrons. The second-order valence-electron chi connectivity index (χ2n) is 3.14. The molecule has 1 fully saturated rings. The fraction of sp³-hybridized carbons (Fsp3) is 0.875. The Morgan fingerprint density at radius 2 is 2.50 bits per heavy atom. The summed E-state index contributed by atoms with van der Waals surface area (Å²) < 4.78 is 0. The maximum Gasteiger partial charge on any atom is 0.320 e. The van der Waals surface area contributed by atoms with Crippen molar-refractivity contribution < 1.29 is 9.90 Å². The van der Waals surface area contributed by atoms with Gasteiger partial charge in [-0.15, -0.1) is 0 Å². The van der Waals surface area contributed by atoms with Crippen molar-refractivity contribution in [3.05, 3.63) is 0 Å². The van der Waals surface area contributed by atoms with Crippen LogP contribution in [0.2, 0.25) is 0 Å². The molecule has 1 aliphatic rings. The SMILES string of the molecule is CC(NC1CCCSC1)C(=O)O. The molecule has 1 rings (SSSR count). The topological polar surface area (TPSA) is 49.3 Å². The molecule has 0 aliphatic carbocycles. The highest BCUT2D eigenvalue weighted by Crippen LogP contribution is 2.17. The molecule has 1 heterocycles. The van der Waals surface area contributed by atoms with Crippen LogP contribution >= 0.6 is 11.8 Å². The molecule has 0 amide bonds.